The largest absolute Gasteiger partial charge is 0.487 e. The number of hydrogen-bond acceptors (Lipinski definition) is 4. The summed E-state index contributed by atoms with van der Waals surface area (Å²) >= 11 is 0. The van der Waals surface area contributed by atoms with Gasteiger partial charge in [0.2, 0.25) is 5.78 Å². The van der Waals surface area contributed by atoms with Crippen LogP contribution in [0.3, 0.4) is 0 Å². The van der Waals surface area contributed by atoms with Crippen molar-refractivity contribution in [1.82, 2.24) is 0 Å². The average Bonchev–Trinajstić information content (AvgIpc) is 2.91. The van der Waals surface area contributed by atoms with Crippen LogP contribution in [0.4, 0.5) is 5.69 Å². The summed E-state index contributed by atoms with van der Waals surface area (Å²) < 4.78 is 5.24. The Hall–Kier alpha value is -2.30. The SMILES string of the molecule is O=C(O)C1=C(C2Cc3ccccc3N2)OCC1=O. The molecular weight excluding hydrogens is 234 g/mol. The molecule has 1 atom stereocenters. The molecule has 5 nitrogen and oxygen atoms in total. The van der Waals surface area contributed by atoms with Crippen molar-refractivity contribution in [3.8, 4) is 0 Å². The normalized spacial score (nSPS) is 21.6. The van der Waals surface area contributed by atoms with Gasteiger partial charge >= 0.3 is 5.97 Å². The molecule has 0 amide bonds. The third kappa shape index (κ3) is 1.55. The molecule has 0 bridgehead atoms. The van der Waals surface area contributed by atoms with Gasteiger partial charge < -0.3 is 15.2 Å². The van der Waals surface area contributed by atoms with Gasteiger partial charge in [-0.15, -0.1) is 0 Å². The van der Waals surface area contributed by atoms with Crippen LogP contribution in [-0.4, -0.2) is 29.5 Å². The Morgan fingerprint density at radius 3 is 2.89 bits per heavy atom. The number of benzene rings is 1. The van der Waals surface area contributed by atoms with Crippen molar-refractivity contribution in [2.75, 3.05) is 11.9 Å². The highest BCUT2D eigenvalue weighted by Crippen LogP contribution is 2.32. The lowest BCUT2D eigenvalue weighted by Gasteiger charge is -2.12. The first-order valence-corrected chi connectivity index (χ1v) is 5.64. The van der Waals surface area contributed by atoms with Gasteiger partial charge in [0.15, 0.2) is 6.61 Å². The lowest BCUT2D eigenvalue weighted by Crippen LogP contribution is -2.21. The van der Waals surface area contributed by atoms with E-state index in [1.54, 1.807) is 0 Å². The predicted molar refractivity (Wildman–Crippen MR) is 63.2 cm³/mol. The highest BCUT2D eigenvalue weighted by molar-refractivity contribution is 6.19. The van der Waals surface area contributed by atoms with Crippen LogP contribution in [0.1, 0.15) is 5.56 Å². The second-order valence-electron chi connectivity index (χ2n) is 4.31. The molecule has 0 saturated heterocycles. The number of rotatable bonds is 2. The van der Waals surface area contributed by atoms with Gasteiger partial charge in [0.1, 0.15) is 11.3 Å². The maximum atomic E-state index is 11.5. The van der Waals surface area contributed by atoms with E-state index < -0.39 is 11.8 Å². The molecule has 0 saturated carbocycles. The highest BCUT2D eigenvalue weighted by atomic mass is 16.5. The van der Waals surface area contributed by atoms with Crippen molar-refractivity contribution in [1.29, 1.82) is 0 Å². The molecule has 0 aliphatic carbocycles. The van der Waals surface area contributed by atoms with Gasteiger partial charge in [-0.3, -0.25) is 4.79 Å². The smallest absolute Gasteiger partial charge is 0.343 e. The molecule has 5 heteroatoms. The molecule has 1 unspecified atom stereocenters. The van der Waals surface area contributed by atoms with Gasteiger partial charge in [0.05, 0.1) is 6.04 Å². The first-order chi connectivity index (χ1) is 8.66. The molecule has 2 aliphatic rings. The number of carbonyl (C=O) groups is 2. The van der Waals surface area contributed by atoms with Crippen molar-refractivity contribution in [3.05, 3.63) is 41.2 Å². The van der Waals surface area contributed by atoms with E-state index in [9.17, 15) is 9.59 Å². The van der Waals surface area contributed by atoms with Crippen molar-refractivity contribution >= 4 is 17.4 Å². The lowest BCUT2D eigenvalue weighted by atomic mass is 10.0. The summed E-state index contributed by atoms with van der Waals surface area (Å²) in [6.45, 7) is -0.175. The van der Waals surface area contributed by atoms with E-state index in [4.69, 9.17) is 9.84 Å². The Kier molecular flexibility index (Phi) is 2.33. The molecule has 2 aliphatic heterocycles. The molecule has 1 aromatic carbocycles. The van der Waals surface area contributed by atoms with Crippen LogP contribution >= 0.6 is 0 Å². The Morgan fingerprint density at radius 1 is 1.39 bits per heavy atom. The number of fused-ring (bicyclic) bond motifs is 1. The van der Waals surface area contributed by atoms with Crippen molar-refractivity contribution < 1.29 is 19.4 Å². The molecule has 0 spiro atoms. The molecule has 0 fully saturated rings. The predicted octanol–water partition coefficient (Wildman–Crippen LogP) is 0.961. The molecular formula is C13H11NO4. The molecule has 2 heterocycles. The van der Waals surface area contributed by atoms with E-state index in [-0.39, 0.29) is 24.0 Å². The van der Waals surface area contributed by atoms with E-state index in [1.807, 2.05) is 24.3 Å². The Bertz CT molecular complexity index is 551. The number of hydrogen-bond donors (Lipinski definition) is 2. The van der Waals surface area contributed by atoms with Gasteiger partial charge in [-0.1, -0.05) is 18.2 Å². The van der Waals surface area contributed by atoms with E-state index in [1.165, 1.54) is 0 Å². The number of aliphatic carboxylic acids is 1. The fraction of sp³-hybridized carbons (Fsp3) is 0.231. The molecule has 1 aromatic rings. The number of anilines is 1. The minimum atomic E-state index is -1.22. The number of para-hydroxylation sites is 1. The molecule has 3 rings (SSSR count). The van der Waals surface area contributed by atoms with E-state index in [0.717, 1.165) is 11.3 Å². The van der Waals surface area contributed by atoms with Gasteiger partial charge in [-0.25, -0.2) is 4.79 Å². The van der Waals surface area contributed by atoms with Crippen LogP contribution in [0.25, 0.3) is 0 Å². The van der Waals surface area contributed by atoms with Gasteiger partial charge in [-0.2, -0.15) is 0 Å². The molecule has 18 heavy (non-hydrogen) atoms. The average molecular weight is 245 g/mol. The second-order valence-corrected chi connectivity index (χ2v) is 4.31. The summed E-state index contributed by atoms with van der Waals surface area (Å²) in [4.78, 5) is 22.5. The monoisotopic (exact) mass is 245 g/mol. The summed E-state index contributed by atoms with van der Waals surface area (Å²) in [5.74, 6) is -1.43. The zero-order valence-corrected chi connectivity index (χ0v) is 9.47. The molecule has 2 N–H and O–H groups in total. The molecule has 0 aromatic heterocycles. The van der Waals surface area contributed by atoms with Gasteiger partial charge in [0, 0.05) is 12.1 Å². The number of carbonyl (C=O) groups excluding carboxylic acids is 1. The fourth-order valence-corrected chi connectivity index (χ4v) is 2.38. The summed E-state index contributed by atoms with van der Waals surface area (Å²) in [5.41, 5.74) is 1.84. The third-order valence-electron chi connectivity index (χ3n) is 3.19. The van der Waals surface area contributed by atoms with Crippen LogP contribution < -0.4 is 5.32 Å². The van der Waals surface area contributed by atoms with Crippen LogP contribution in [-0.2, 0) is 20.7 Å². The first-order valence-electron chi connectivity index (χ1n) is 5.64. The number of carboxylic acids is 1. The van der Waals surface area contributed by atoms with Crippen LogP contribution in [0.5, 0.6) is 0 Å². The maximum absolute atomic E-state index is 11.5. The maximum Gasteiger partial charge on any atom is 0.343 e. The van der Waals surface area contributed by atoms with Gasteiger partial charge in [0.25, 0.3) is 0 Å². The zero-order chi connectivity index (χ0) is 12.7. The third-order valence-corrected chi connectivity index (χ3v) is 3.19. The number of Topliss-reactive ketones (excluding diaryl/α,β-unsaturated/α-hetero) is 1. The molecule has 0 radical (unpaired) electrons. The summed E-state index contributed by atoms with van der Waals surface area (Å²) in [6, 6.07) is 7.46. The van der Waals surface area contributed by atoms with Gasteiger partial charge in [-0.05, 0) is 11.6 Å². The minimum absolute atomic E-state index is 0.175. The minimum Gasteiger partial charge on any atom is -0.487 e. The quantitative estimate of drug-likeness (QED) is 0.759. The first kappa shape index (κ1) is 10.8. The number of ether oxygens (including phenoxy) is 1. The van der Waals surface area contributed by atoms with E-state index in [0.29, 0.717) is 6.42 Å². The van der Waals surface area contributed by atoms with Crippen LogP contribution in [0.2, 0.25) is 0 Å². The Labute approximate surface area is 103 Å². The fourth-order valence-electron chi connectivity index (χ4n) is 2.38. The summed E-state index contributed by atoms with van der Waals surface area (Å²) in [7, 11) is 0. The zero-order valence-electron chi connectivity index (χ0n) is 9.47. The highest BCUT2D eigenvalue weighted by Gasteiger charge is 2.37. The van der Waals surface area contributed by atoms with Crippen LogP contribution in [0, 0.1) is 0 Å². The lowest BCUT2D eigenvalue weighted by molar-refractivity contribution is -0.134. The van der Waals surface area contributed by atoms with E-state index >= 15 is 0 Å². The topological polar surface area (TPSA) is 75.6 Å². The second kappa shape index (κ2) is 3.87. The number of nitrogens with one attached hydrogen (secondary N) is 1. The standard InChI is InChI=1S/C13H11NO4/c15-10-6-18-12(11(10)13(16)17)9-5-7-3-1-2-4-8(7)14-9/h1-4,9,14H,5-6H2,(H,16,17). The van der Waals surface area contributed by atoms with Crippen molar-refractivity contribution in [2.24, 2.45) is 0 Å². The summed E-state index contributed by atoms with van der Waals surface area (Å²) in [6.07, 6.45) is 0.634. The van der Waals surface area contributed by atoms with E-state index in [2.05, 4.69) is 5.32 Å². The number of ketones is 1. The summed E-state index contributed by atoms with van der Waals surface area (Å²) in [5, 5.41) is 12.2. The Morgan fingerprint density at radius 2 is 2.17 bits per heavy atom. The van der Waals surface area contributed by atoms with Crippen LogP contribution in [0.15, 0.2) is 35.6 Å². The van der Waals surface area contributed by atoms with Crippen molar-refractivity contribution in [3.63, 3.8) is 0 Å². The Balaban J connectivity index is 1.95. The number of carboxylic acid groups (broad SMARTS) is 1. The molecule has 92 valence electrons. The van der Waals surface area contributed by atoms with Crippen molar-refractivity contribution in [2.45, 2.75) is 12.5 Å².